The third kappa shape index (κ3) is 3.18. The lowest BCUT2D eigenvalue weighted by Crippen LogP contribution is -2.30. The minimum Gasteiger partial charge on any atom is -0.507 e. The molecule has 1 aliphatic heterocycles. The summed E-state index contributed by atoms with van der Waals surface area (Å²) in [6, 6.07) is 3.79. The van der Waals surface area contributed by atoms with Crippen LogP contribution in [0.1, 0.15) is 43.7 Å². The van der Waals surface area contributed by atoms with Gasteiger partial charge < -0.3 is 10.4 Å². The molecule has 1 atom stereocenters. The highest BCUT2D eigenvalue weighted by Gasteiger charge is 2.18. The first kappa shape index (κ1) is 13.7. The molecule has 1 saturated heterocycles. The lowest BCUT2D eigenvalue weighted by molar-refractivity contribution is 0.369. The Balaban J connectivity index is 2.21. The Bertz CT molecular complexity index is 411. The van der Waals surface area contributed by atoms with E-state index >= 15 is 0 Å². The number of aromatic hydroxyl groups is 1. The van der Waals surface area contributed by atoms with Crippen LogP contribution in [0.3, 0.4) is 0 Å². The van der Waals surface area contributed by atoms with Gasteiger partial charge in [-0.1, -0.05) is 25.4 Å². The summed E-state index contributed by atoms with van der Waals surface area (Å²) in [7, 11) is 0. The molecule has 0 saturated carbocycles. The second-order valence-corrected chi connectivity index (χ2v) is 6.01. The summed E-state index contributed by atoms with van der Waals surface area (Å²) in [5.41, 5.74) is 1.96. The Morgan fingerprint density at radius 2 is 2.22 bits per heavy atom. The molecule has 1 aliphatic rings. The van der Waals surface area contributed by atoms with Crippen molar-refractivity contribution in [3.63, 3.8) is 0 Å². The molecule has 0 radical (unpaired) electrons. The molecule has 1 aromatic carbocycles. The third-order valence-corrected chi connectivity index (χ3v) is 3.93. The highest BCUT2D eigenvalue weighted by atomic mass is 35.5. The van der Waals surface area contributed by atoms with Crippen molar-refractivity contribution in [2.75, 3.05) is 13.1 Å². The van der Waals surface area contributed by atoms with Crippen molar-refractivity contribution in [3.05, 3.63) is 28.3 Å². The number of hydrogen-bond donors (Lipinski definition) is 2. The van der Waals surface area contributed by atoms with Crippen molar-refractivity contribution in [3.8, 4) is 5.75 Å². The molecule has 0 amide bonds. The predicted octanol–water partition coefficient (Wildman–Crippen LogP) is 3.71. The maximum Gasteiger partial charge on any atom is 0.122 e. The summed E-state index contributed by atoms with van der Waals surface area (Å²) in [5, 5.41) is 14.5. The molecule has 0 spiro atoms. The van der Waals surface area contributed by atoms with E-state index in [1.165, 1.54) is 12.8 Å². The van der Waals surface area contributed by atoms with Gasteiger partial charge in [0.1, 0.15) is 5.75 Å². The minimum absolute atomic E-state index is 0.298. The Morgan fingerprint density at radius 3 is 2.83 bits per heavy atom. The second kappa shape index (κ2) is 5.94. The van der Waals surface area contributed by atoms with Crippen LogP contribution in [0, 0.1) is 5.92 Å². The number of hydrogen-bond acceptors (Lipinski definition) is 2. The predicted molar refractivity (Wildman–Crippen MR) is 76.5 cm³/mol. The van der Waals surface area contributed by atoms with E-state index in [-0.39, 0.29) is 0 Å². The van der Waals surface area contributed by atoms with E-state index in [1.807, 2.05) is 12.1 Å². The van der Waals surface area contributed by atoms with Crippen molar-refractivity contribution in [1.29, 1.82) is 0 Å². The number of piperidine rings is 1. The van der Waals surface area contributed by atoms with Crippen LogP contribution < -0.4 is 5.32 Å². The third-order valence-electron chi connectivity index (χ3n) is 3.71. The molecule has 2 rings (SSSR count). The quantitative estimate of drug-likeness (QED) is 0.875. The summed E-state index contributed by atoms with van der Waals surface area (Å²) in [6.07, 6.45) is 3.37. The Morgan fingerprint density at radius 1 is 1.44 bits per heavy atom. The van der Waals surface area contributed by atoms with Crippen LogP contribution in [0.4, 0.5) is 0 Å². The normalized spacial score (nSPS) is 20.3. The van der Waals surface area contributed by atoms with E-state index in [2.05, 4.69) is 19.2 Å². The number of nitrogens with one attached hydrogen (secondary N) is 1. The molecule has 1 unspecified atom stereocenters. The van der Waals surface area contributed by atoms with Crippen LogP contribution in [-0.4, -0.2) is 18.2 Å². The molecular formula is C15H22ClNO. The molecular weight excluding hydrogens is 246 g/mol. The average Bonchev–Trinajstić information content (AvgIpc) is 2.34. The fourth-order valence-electron chi connectivity index (χ4n) is 2.68. The minimum atomic E-state index is 0.298. The van der Waals surface area contributed by atoms with E-state index < -0.39 is 0 Å². The van der Waals surface area contributed by atoms with E-state index in [0.29, 0.717) is 17.6 Å². The van der Waals surface area contributed by atoms with Gasteiger partial charge >= 0.3 is 0 Å². The van der Waals surface area contributed by atoms with Gasteiger partial charge in [-0.25, -0.2) is 0 Å². The van der Waals surface area contributed by atoms with E-state index in [0.717, 1.165) is 35.7 Å². The SMILES string of the molecule is CC(C)c1cc(Cl)cc(CC2CCCNC2)c1O. The smallest absolute Gasteiger partial charge is 0.122 e. The zero-order chi connectivity index (χ0) is 13.1. The summed E-state index contributed by atoms with van der Waals surface area (Å²) < 4.78 is 0. The first-order valence-electron chi connectivity index (χ1n) is 6.80. The van der Waals surface area contributed by atoms with Gasteiger partial charge in [0, 0.05) is 5.02 Å². The van der Waals surface area contributed by atoms with Gasteiger partial charge in [0.15, 0.2) is 0 Å². The maximum absolute atomic E-state index is 10.3. The largest absolute Gasteiger partial charge is 0.507 e. The molecule has 0 aromatic heterocycles. The average molecular weight is 268 g/mol. The Labute approximate surface area is 114 Å². The van der Waals surface area contributed by atoms with Crippen LogP contribution in [0.25, 0.3) is 0 Å². The van der Waals surface area contributed by atoms with E-state index in [1.54, 1.807) is 0 Å². The highest BCUT2D eigenvalue weighted by Crippen LogP contribution is 2.34. The van der Waals surface area contributed by atoms with Crippen molar-refractivity contribution in [2.45, 2.75) is 39.0 Å². The molecule has 1 heterocycles. The van der Waals surface area contributed by atoms with Gasteiger partial charge in [0.05, 0.1) is 0 Å². The number of phenolic OH excluding ortho intramolecular Hbond substituents is 1. The zero-order valence-electron chi connectivity index (χ0n) is 11.2. The number of halogens is 1. The highest BCUT2D eigenvalue weighted by molar-refractivity contribution is 6.30. The van der Waals surface area contributed by atoms with Crippen molar-refractivity contribution in [2.24, 2.45) is 5.92 Å². The van der Waals surface area contributed by atoms with Crippen LogP contribution in [0.2, 0.25) is 5.02 Å². The van der Waals surface area contributed by atoms with Gasteiger partial charge in [-0.15, -0.1) is 0 Å². The van der Waals surface area contributed by atoms with E-state index in [9.17, 15) is 5.11 Å². The maximum atomic E-state index is 10.3. The first-order valence-corrected chi connectivity index (χ1v) is 7.17. The van der Waals surface area contributed by atoms with E-state index in [4.69, 9.17) is 11.6 Å². The van der Waals surface area contributed by atoms with Gasteiger partial charge in [-0.2, -0.15) is 0 Å². The Hall–Kier alpha value is -0.730. The summed E-state index contributed by atoms with van der Waals surface area (Å²) in [5.74, 6) is 1.36. The summed E-state index contributed by atoms with van der Waals surface area (Å²) in [6.45, 7) is 6.33. The Kier molecular flexibility index (Phi) is 4.52. The lowest BCUT2D eigenvalue weighted by Gasteiger charge is -2.24. The number of phenols is 1. The standard InChI is InChI=1S/C15H22ClNO/c1-10(2)14-8-13(16)7-12(15(14)18)6-11-4-3-5-17-9-11/h7-8,10-11,17-18H,3-6,9H2,1-2H3. The molecule has 1 aromatic rings. The van der Waals surface area contributed by atoms with Crippen molar-refractivity contribution in [1.82, 2.24) is 5.32 Å². The molecule has 0 aliphatic carbocycles. The lowest BCUT2D eigenvalue weighted by atomic mass is 9.89. The fraction of sp³-hybridized carbons (Fsp3) is 0.600. The van der Waals surface area contributed by atoms with Gasteiger partial charge in [0.2, 0.25) is 0 Å². The number of benzene rings is 1. The van der Waals surface area contributed by atoms with Crippen LogP contribution in [0.15, 0.2) is 12.1 Å². The van der Waals surface area contributed by atoms with Crippen molar-refractivity contribution < 1.29 is 5.11 Å². The van der Waals surface area contributed by atoms with Crippen LogP contribution >= 0.6 is 11.6 Å². The topological polar surface area (TPSA) is 32.3 Å². The van der Waals surface area contributed by atoms with Gasteiger partial charge in [-0.05, 0) is 67.4 Å². The fourth-order valence-corrected chi connectivity index (χ4v) is 2.93. The molecule has 0 bridgehead atoms. The van der Waals surface area contributed by atoms with Gasteiger partial charge in [0.25, 0.3) is 0 Å². The number of rotatable bonds is 3. The molecule has 1 fully saturated rings. The molecule has 100 valence electrons. The molecule has 18 heavy (non-hydrogen) atoms. The van der Waals surface area contributed by atoms with Crippen molar-refractivity contribution >= 4 is 11.6 Å². The molecule has 2 nitrogen and oxygen atoms in total. The van der Waals surface area contributed by atoms with Crippen LogP contribution in [0.5, 0.6) is 5.75 Å². The van der Waals surface area contributed by atoms with Crippen LogP contribution in [-0.2, 0) is 6.42 Å². The zero-order valence-corrected chi connectivity index (χ0v) is 11.9. The van der Waals surface area contributed by atoms with Gasteiger partial charge in [-0.3, -0.25) is 0 Å². The molecule has 2 N–H and O–H groups in total. The summed E-state index contributed by atoms with van der Waals surface area (Å²) >= 11 is 6.16. The monoisotopic (exact) mass is 267 g/mol. The second-order valence-electron chi connectivity index (χ2n) is 5.57. The molecule has 3 heteroatoms. The first-order chi connectivity index (χ1) is 8.58. The summed E-state index contributed by atoms with van der Waals surface area (Å²) in [4.78, 5) is 0.